The average Bonchev–Trinajstić information content (AvgIpc) is 2.99. The summed E-state index contributed by atoms with van der Waals surface area (Å²) in [5.74, 6) is 1.71. The van der Waals surface area contributed by atoms with Crippen molar-refractivity contribution in [2.45, 2.75) is 13.0 Å². The molecule has 0 saturated heterocycles. The molecule has 1 unspecified atom stereocenters. The standard InChI is InChI=1S/C15H13N3O2/c1-11(19-13-7-3-2-4-8-13)15-17-14(18-20-15)12-6-5-9-16-10-12/h2-11H,1H3. The summed E-state index contributed by atoms with van der Waals surface area (Å²) >= 11 is 0. The molecule has 0 aliphatic heterocycles. The third-order valence-corrected chi connectivity index (χ3v) is 2.77. The number of ether oxygens (including phenoxy) is 1. The first-order chi connectivity index (χ1) is 9.83. The van der Waals surface area contributed by atoms with Gasteiger partial charge in [-0.15, -0.1) is 0 Å². The van der Waals surface area contributed by atoms with Gasteiger partial charge in [-0.25, -0.2) is 0 Å². The maximum absolute atomic E-state index is 5.74. The second-order valence-corrected chi connectivity index (χ2v) is 4.27. The van der Waals surface area contributed by atoms with Crippen molar-refractivity contribution in [2.24, 2.45) is 0 Å². The fraction of sp³-hybridized carbons (Fsp3) is 0.133. The first kappa shape index (κ1) is 12.3. The van der Waals surface area contributed by atoms with Gasteiger partial charge < -0.3 is 9.26 Å². The van der Waals surface area contributed by atoms with Crippen LogP contribution in [0, 0.1) is 0 Å². The predicted octanol–water partition coefficient (Wildman–Crippen LogP) is 3.27. The van der Waals surface area contributed by atoms with E-state index in [1.54, 1.807) is 12.4 Å². The van der Waals surface area contributed by atoms with Gasteiger partial charge in [-0.3, -0.25) is 4.98 Å². The minimum atomic E-state index is -0.310. The Labute approximate surface area is 116 Å². The average molecular weight is 267 g/mol. The molecule has 20 heavy (non-hydrogen) atoms. The quantitative estimate of drug-likeness (QED) is 0.726. The molecule has 0 aliphatic rings. The van der Waals surface area contributed by atoms with Crippen molar-refractivity contribution in [1.82, 2.24) is 15.1 Å². The summed E-state index contributed by atoms with van der Waals surface area (Å²) in [4.78, 5) is 8.36. The van der Waals surface area contributed by atoms with Gasteiger partial charge in [0.25, 0.3) is 5.89 Å². The molecule has 0 radical (unpaired) electrons. The van der Waals surface area contributed by atoms with E-state index in [4.69, 9.17) is 9.26 Å². The molecule has 0 amide bonds. The lowest BCUT2D eigenvalue weighted by Gasteiger charge is -2.09. The summed E-state index contributed by atoms with van der Waals surface area (Å²) in [7, 11) is 0. The van der Waals surface area contributed by atoms with Gasteiger partial charge in [-0.2, -0.15) is 4.98 Å². The van der Waals surface area contributed by atoms with Crippen LogP contribution in [0.4, 0.5) is 0 Å². The molecule has 0 spiro atoms. The molecule has 0 fully saturated rings. The number of aromatic nitrogens is 3. The van der Waals surface area contributed by atoms with Gasteiger partial charge in [0, 0.05) is 18.0 Å². The van der Waals surface area contributed by atoms with Crippen molar-refractivity contribution in [1.29, 1.82) is 0 Å². The number of nitrogens with zero attached hydrogens (tertiary/aromatic N) is 3. The smallest absolute Gasteiger partial charge is 0.267 e. The van der Waals surface area contributed by atoms with Crippen molar-refractivity contribution < 1.29 is 9.26 Å². The number of para-hydroxylation sites is 1. The highest BCUT2D eigenvalue weighted by molar-refractivity contribution is 5.51. The molecular formula is C15H13N3O2. The van der Waals surface area contributed by atoms with Crippen molar-refractivity contribution >= 4 is 0 Å². The molecule has 1 atom stereocenters. The Balaban J connectivity index is 1.77. The zero-order valence-electron chi connectivity index (χ0n) is 10.9. The Morgan fingerprint density at radius 3 is 2.70 bits per heavy atom. The van der Waals surface area contributed by atoms with Crippen LogP contribution in [0.15, 0.2) is 59.4 Å². The lowest BCUT2D eigenvalue weighted by molar-refractivity contribution is 0.176. The highest BCUT2D eigenvalue weighted by atomic mass is 16.5. The number of hydrogen-bond donors (Lipinski definition) is 0. The highest BCUT2D eigenvalue weighted by Gasteiger charge is 2.16. The van der Waals surface area contributed by atoms with Crippen LogP contribution in [0.1, 0.15) is 18.9 Å². The monoisotopic (exact) mass is 267 g/mol. The first-order valence-electron chi connectivity index (χ1n) is 6.28. The molecule has 0 saturated carbocycles. The van der Waals surface area contributed by atoms with Crippen LogP contribution < -0.4 is 4.74 Å². The van der Waals surface area contributed by atoms with Crippen molar-refractivity contribution in [3.63, 3.8) is 0 Å². The first-order valence-corrected chi connectivity index (χ1v) is 6.28. The van der Waals surface area contributed by atoms with E-state index >= 15 is 0 Å². The third kappa shape index (κ3) is 2.66. The Kier molecular flexibility index (Phi) is 3.41. The summed E-state index contributed by atoms with van der Waals surface area (Å²) in [6.45, 7) is 1.87. The zero-order valence-corrected chi connectivity index (χ0v) is 10.9. The normalized spacial score (nSPS) is 12.1. The SMILES string of the molecule is CC(Oc1ccccc1)c1nc(-c2cccnc2)no1. The van der Waals surface area contributed by atoms with Crippen molar-refractivity contribution in [3.05, 3.63) is 60.7 Å². The molecule has 3 aromatic rings. The van der Waals surface area contributed by atoms with Crippen LogP contribution in [0.3, 0.4) is 0 Å². The topological polar surface area (TPSA) is 61.0 Å². The second-order valence-electron chi connectivity index (χ2n) is 4.27. The second kappa shape index (κ2) is 5.52. The lowest BCUT2D eigenvalue weighted by Crippen LogP contribution is -2.03. The van der Waals surface area contributed by atoms with E-state index in [9.17, 15) is 0 Å². The largest absolute Gasteiger partial charge is 0.481 e. The molecule has 2 heterocycles. The molecular weight excluding hydrogens is 254 g/mol. The van der Waals surface area contributed by atoms with Crippen LogP contribution in [0.5, 0.6) is 5.75 Å². The van der Waals surface area contributed by atoms with Crippen LogP contribution in [-0.2, 0) is 0 Å². The van der Waals surface area contributed by atoms with Gasteiger partial charge in [0.1, 0.15) is 5.75 Å². The molecule has 0 bridgehead atoms. The van der Waals surface area contributed by atoms with E-state index in [0.717, 1.165) is 11.3 Å². The van der Waals surface area contributed by atoms with Crippen molar-refractivity contribution in [2.75, 3.05) is 0 Å². The lowest BCUT2D eigenvalue weighted by atomic mass is 10.3. The van der Waals surface area contributed by atoms with E-state index in [1.165, 1.54) is 0 Å². The number of hydrogen-bond acceptors (Lipinski definition) is 5. The minimum absolute atomic E-state index is 0.310. The Bertz CT molecular complexity index is 668. The molecule has 1 aromatic carbocycles. The molecule has 100 valence electrons. The molecule has 5 nitrogen and oxygen atoms in total. The predicted molar refractivity (Wildman–Crippen MR) is 73.0 cm³/mol. The van der Waals surface area contributed by atoms with E-state index in [-0.39, 0.29) is 6.10 Å². The molecule has 5 heteroatoms. The van der Waals surface area contributed by atoms with Gasteiger partial charge in [-0.05, 0) is 31.2 Å². The summed E-state index contributed by atoms with van der Waals surface area (Å²) in [6.07, 6.45) is 3.08. The van der Waals surface area contributed by atoms with Gasteiger partial charge in [0.2, 0.25) is 5.82 Å². The summed E-state index contributed by atoms with van der Waals surface area (Å²) < 4.78 is 11.0. The summed E-state index contributed by atoms with van der Waals surface area (Å²) in [5, 5.41) is 3.94. The van der Waals surface area contributed by atoms with E-state index in [1.807, 2.05) is 49.4 Å². The highest BCUT2D eigenvalue weighted by Crippen LogP contribution is 2.22. The van der Waals surface area contributed by atoms with Gasteiger partial charge >= 0.3 is 0 Å². The van der Waals surface area contributed by atoms with Gasteiger partial charge in [-0.1, -0.05) is 23.4 Å². The van der Waals surface area contributed by atoms with Crippen LogP contribution in [-0.4, -0.2) is 15.1 Å². The van der Waals surface area contributed by atoms with E-state index < -0.39 is 0 Å². The van der Waals surface area contributed by atoms with Crippen LogP contribution >= 0.6 is 0 Å². The Hall–Kier alpha value is -2.69. The van der Waals surface area contributed by atoms with Crippen molar-refractivity contribution in [3.8, 4) is 17.1 Å². The summed E-state index contributed by atoms with van der Waals surface area (Å²) in [5.41, 5.74) is 0.814. The van der Waals surface area contributed by atoms with Crippen LogP contribution in [0.2, 0.25) is 0 Å². The summed E-state index contributed by atoms with van der Waals surface area (Å²) in [6, 6.07) is 13.2. The third-order valence-electron chi connectivity index (χ3n) is 2.77. The number of pyridine rings is 1. The molecule has 0 N–H and O–H groups in total. The number of benzene rings is 1. The molecule has 2 aromatic heterocycles. The Morgan fingerprint density at radius 1 is 1.10 bits per heavy atom. The minimum Gasteiger partial charge on any atom is -0.481 e. The Morgan fingerprint density at radius 2 is 1.95 bits per heavy atom. The van der Waals surface area contributed by atoms with E-state index in [0.29, 0.717) is 11.7 Å². The van der Waals surface area contributed by atoms with E-state index in [2.05, 4.69) is 15.1 Å². The maximum Gasteiger partial charge on any atom is 0.267 e. The van der Waals surface area contributed by atoms with Gasteiger partial charge in [0.15, 0.2) is 6.10 Å². The molecule has 3 rings (SSSR count). The fourth-order valence-electron chi connectivity index (χ4n) is 1.77. The van der Waals surface area contributed by atoms with Gasteiger partial charge in [0.05, 0.1) is 0 Å². The maximum atomic E-state index is 5.74. The van der Waals surface area contributed by atoms with Crippen LogP contribution in [0.25, 0.3) is 11.4 Å². The fourth-order valence-corrected chi connectivity index (χ4v) is 1.77. The zero-order chi connectivity index (χ0) is 13.8. The molecule has 0 aliphatic carbocycles. The number of rotatable bonds is 4.